The van der Waals surface area contributed by atoms with E-state index in [1.54, 1.807) is 7.11 Å². The number of aromatic nitrogens is 2. The minimum Gasteiger partial charge on any atom is -0.385 e. The Morgan fingerprint density at radius 2 is 2.44 bits per heavy atom. The molecular formula is C12H21N3O. The fraction of sp³-hybridized carbons (Fsp3) is 0.750. The summed E-state index contributed by atoms with van der Waals surface area (Å²) in [6.45, 7) is 5.13. The minimum atomic E-state index is 0.803. The van der Waals surface area contributed by atoms with Crippen LogP contribution in [0.5, 0.6) is 0 Å². The number of aryl methyl sites for hydroxylation is 1. The molecule has 1 aromatic rings. The average molecular weight is 223 g/mol. The van der Waals surface area contributed by atoms with Gasteiger partial charge in [-0.3, -0.25) is 0 Å². The Hall–Kier alpha value is -1.03. The maximum absolute atomic E-state index is 5.05. The van der Waals surface area contributed by atoms with Gasteiger partial charge in [-0.25, -0.2) is 4.98 Å². The van der Waals surface area contributed by atoms with Crippen LogP contribution in [-0.2, 0) is 11.3 Å². The summed E-state index contributed by atoms with van der Waals surface area (Å²) in [6, 6.07) is 0. The molecule has 2 atom stereocenters. The lowest BCUT2D eigenvalue weighted by Gasteiger charge is -2.09. The molecule has 4 nitrogen and oxygen atoms in total. The van der Waals surface area contributed by atoms with Gasteiger partial charge < -0.3 is 14.6 Å². The molecule has 0 saturated heterocycles. The molecule has 0 amide bonds. The van der Waals surface area contributed by atoms with E-state index in [1.165, 1.54) is 6.42 Å². The summed E-state index contributed by atoms with van der Waals surface area (Å²) in [5.41, 5.74) is 0. The van der Waals surface area contributed by atoms with Crippen LogP contribution in [0.25, 0.3) is 0 Å². The van der Waals surface area contributed by atoms with Crippen LogP contribution in [0.1, 0.15) is 19.8 Å². The molecule has 1 fully saturated rings. The van der Waals surface area contributed by atoms with Gasteiger partial charge in [0, 0.05) is 39.2 Å². The van der Waals surface area contributed by atoms with E-state index in [4.69, 9.17) is 4.74 Å². The molecule has 1 heterocycles. The molecule has 0 spiro atoms. The van der Waals surface area contributed by atoms with Crippen LogP contribution < -0.4 is 5.32 Å². The van der Waals surface area contributed by atoms with Crippen molar-refractivity contribution in [1.29, 1.82) is 0 Å². The highest BCUT2D eigenvalue weighted by Gasteiger charge is 2.32. The molecule has 1 aromatic heterocycles. The molecule has 0 aromatic carbocycles. The highest BCUT2D eigenvalue weighted by atomic mass is 16.5. The fourth-order valence-corrected chi connectivity index (χ4v) is 1.94. The van der Waals surface area contributed by atoms with Crippen LogP contribution in [0, 0.1) is 11.8 Å². The van der Waals surface area contributed by atoms with E-state index >= 15 is 0 Å². The third-order valence-electron chi connectivity index (χ3n) is 3.26. The Balaban J connectivity index is 1.76. The standard InChI is InChI=1S/C12H21N3O/c1-10-8-11(10)9-14-12-13-4-6-15(12)5-3-7-16-2/h4,6,10-11H,3,5,7-9H2,1-2H3,(H,13,14). The molecule has 4 heteroatoms. The molecule has 0 bridgehead atoms. The van der Waals surface area contributed by atoms with Crippen molar-refractivity contribution >= 4 is 5.95 Å². The predicted molar refractivity (Wildman–Crippen MR) is 64.5 cm³/mol. The second kappa shape index (κ2) is 5.34. The van der Waals surface area contributed by atoms with Crippen molar-refractivity contribution in [3.05, 3.63) is 12.4 Å². The zero-order valence-electron chi connectivity index (χ0n) is 10.1. The zero-order chi connectivity index (χ0) is 11.4. The van der Waals surface area contributed by atoms with E-state index in [1.807, 2.05) is 12.4 Å². The first kappa shape index (κ1) is 11.5. The molecule has 1 N–H and O–H groups in total. The Labute approximate surface area is 97.0 Å². The lowest BCUT2D eigenvalue weighted by Crippen LogP contribution is -2.11. The molecule has 90 valence electrons. The van der Waals surface area contributed by atoms with Gasteiger partial charge in [-0.2, -0.15) is 0 Å². The van der Waals surface area contributed by atoms with Crippen molar-refractivity contribution in [2.45, 2.75) is 26.3 Å². The monoisotopic (exact) mass is 223 g/mol. The number of hydrogen-bond acceptors (Lipinski definition) is 3. The topological polar surface area (TPSA) is 39.1 Å². The third-order valence-corrected chi connectivity index (χ3v) is 3.26. The predicted octanol–water partition coefficient (Wildman–Crippen LogP) is 1.99. The van der Waals surface area contributed by atoms with E-state index in [2.05, 4.69) is 21.8 Å². The Morgan fingerprint density at radius 3 is 3.12 bits per heavy atom. The summed E-state index contributed by atoms with van der Waals surface area (Å²) in [5, 5.41) is 3.42. The molecule has 2 unspecified atom stereocenters. The summed E-state index contributed by atoms with van der Waals surface area (Å²) >= 11 is 0. The van der Waals surface area contributed by atoms with Gasteiger partial charge in [-0.05, 0) is 24.7 Å². The van der Waals surface area contributed by atoms with Gasteiger partial charge in [0.25, 0.3) is 0 Å². The SMILES string of the molecule is COCCCn1ccnc1NCC1CC1C. The number of anilines is 1. The average Bonchev–Trinajstić information content (AvgIpc) is 2.80. The number of rotatable bonds is 7. The highest BCUT2D eigenvalue weighted by Crippen LogP contribution is 2.37. The van der Waals surface area contributed by atoms with Crippen LogP contribution >= 0.6 is 0 Å². The van der Waals surface area contributed by atoms with Gasteiger partial charge in [-0.15, -0.1) is 0 Å². The maximum Gasteiger partial charge on any atom is 0.202 e. The van der Waals surface area contributed by atoms with Gasteiger partial charge in [0.1, 0.15) is 0 Å². The van der Waals surface area contributed by atoms with E-state index in [-0.39, 0.29) is 0 Å². The lowest BCUT2D eigenvalue weighted by molar-refractivity contribution is 0.190. The van der Waals surface area contributed by atoms with Gasteiger partial charge in [0.2, 0.25) is 5.95 Å². The van der Waals surface area contributed by atoms with Gasteiger partial charge in [-0.1, -0.05) is 6.92 Å². The molecule has 2 rings (SSSR count). The number of imidazole rings is 1. The normalized spacial score (nSPS) is 23.4. The number of methoxy groups -OCH3 is 1. The molecule has 1 aliphatic rings. The molecule has 1 aliphatic carbocycles. The first-order valence-corrected chi connectivity index (χ1v) is 6.05. The largest absolute Gasteiger partial charge is 0.385 e. The summed E-state index contributed by atoms with van der Waals surface area (Å²) in [4.78, 5) is 4.33. The van der Waals surface area contributed by atoms with E-state index < -0.39 is 0 Å². The lowest BCUT2D eigenvalue weighted by atomic mass is 10.3. The molecule has 16 heavy (non-hydrogen) atoms. The van der Waals surface area contributed by atoms with Crippen molar-refractivity contribution in [2.75, 3.05) is 25.6 Å². The Kier molecular flexibility index (Phi) is 3.83. The summed E-state index contributed by atoms with van der Waals surface area (Å²) < 4.78 is 7.21. The van der Waals surface area contributed by atoms with Crippen LogP contribution in [0.4, 0.5) is 5.95 Å². The van der Waals surface area contributed by atoms with Crippen molar-refractivity contribution in [3.8, 4) is 0 Å². The quantitative estimate of drug-likeness (QED) is 0.718. The number of hydrogen-bond donors (Lipinski definition) is 1. The van der Waals surface area contributed by atoms with Crippen LogP contribution in [0.3, 0.4) is 0 Å². The summed E-state index contributed by atoms with van der Waals surface area (Å²) in [6.07, 6.45) is 6.26. The maximum atomic E-state index is 5.05. The van der Waals surface area contributed by atoms with Gasteiger partial charge in [0.15, 0.2) is 0 Å². The molecule has 1 saturated carbocycles. The molecule has 0 aliphatic heterocycles. The van der Waals surface area contributed by atoms with Crippen molar-refractivity contribution in [1.82, 2.24) is 9.55 Å². The number of ether oxygens (including phenoxy) is 1. The first-order chi connectivity index (χ1) is 7.81. The third kappa shape index (κ3) is 2.98. The summed E-state index contributed by atoms with van der Waals surface area (Å²) in [5.74, 6) is 2.74. The second-order valence-electron chi connectivity index (χ2n) is 4.64. The molecule has 0 radical (unpaired) electrons. The first-order valence-electron chi connectivity index (χ1n) is 6.05. The number of nitrogens with zero attached hydrogens (tertiary/aromatic N) is 2. The van der Waals surface area contributed by atoms with E-state index in [0.717, 1.165) is 43.9 Å². The Morgan fingerprint density at radius 1 is 1.62 bits per heavy atom. The van der Waals surface area contributed by atoms with Gasteiger partial charge in [0.05, 0.1) is 0 Å². The summed E-state index contributed by atoms with van der Waals surface area (Å²) in [7, 11) is 1.74. The van der Waals surface area contributed by atoms with Crippen molar-refractivity contribution in [3.63, 3.8) is 0 Å². The minimum absolute atomic E-state index is 0.803. The van der Waals surface area contributed by atoms with E-state index in [0.29, 0.717) is 0 Å². The van der Waals surface area contributed by atoms with Crippen LogP contribution in [-0.4, -0.2) is 29.8 Å². The Bertz CT molecular complexity index is 324. The fourth-order valence-electron chi connectivity index (χ4n) is 1.94. The molecular weight excluding hydrogens is 202 g/mol. The zero-order valence-corrected chi connectivity index (χ0v) is 10.1. The van der Waals surface area contributed by atoms with Crippen LogP contribution in [0.2, 0.25) is 0 Å². The van der Waals surface area contributed by atoms with E-state index in [9.17, 15) is 0 Å². The number of nitrogens with one attached hydrogen (secondary N) is 1. The van der Waals surface area contributed by atoms with Crippen molar-refractivity contribution in [2.24, 2.45) is 11.8 Å². The second-order valence-corrected chi connectivity index (χ2v) is 4.64. The van der Waals surface area contributed by atoms with Gasteiger partial charge >= 0.3 is 0 Å². The van der Waals surface area contributed by atoms with Crippen LogP contribution in [0.15, 0.2) is 12.4 Å². The highest BCUT2D eigenvalue weighted by molar-refractivity contribution is 5.26. The smallest absolute Gasteiger partial charge is 0.202 e. The van der Waals surface area contributed by atoms with Crippen molar-refractivity contribution < 1.29 is 4.74 Å².